The van der Waals surface area contributed by atoms with Gasteiger partial charge in [0.25, 0.3) is 5.91 Å². The van der Waals surface area contributed by atoms with E-state index in [2.05, 4.69) is 17.0 Å². The Labute approximate surface area is 158 Å². The number of fused-ring (bicyclic) bond motifs is 1. The Morgan fingerprint density at radius 2 is 1.93 bits per heavy atom. The largest absolute Gasteiger partial charge is 0.494 e. The minimum absolute atomic E-state index is 0.131. The number of halogens is 1. The number of methoxy groups -OCH3 is 1. The van der Waals surface area contributed by atoms with Crippen LogP contribution >= 0.6 is 0 Å². The molecule has 0 spiro atoms. The molecule has 0 aromatic heterocycles. The molecule has 2 aliphatic rings. The second-order valence-corrected chi connectivity index (χ2v) is 6.91. The van der Waals surface area contributed by atoms with Gasteiger partial charge in [-0.05, 0) is 49.2 Å². The van der Waals surface area contributed by atoms with Gasteiger partial charge in [-0.15, -0.1) is 0 Å². The topological polar surface area (TPSA) is 42.0 Å². The van der Waals surface area contributed by atoms with Crippen LogP contribution in [0.15, 0.2) is 36.4 Å². The molecule has 0 unspecified atom stereocenters. The molecule has 0 aliphatic carbocycles. The summed E-state index contributed by atoms with van der Waals surface area (Å²) in [6, 6.07) is 10.5. The van der Waals surface area contributed by atoms with E-state index in [1.807, 2.05) is 6.07 Å². The van der Waals surface area contributed by atoms with Crippen LogP contribution in [0.2, 0.25) is 0 Å². The Morgan fingerprint density at radius 3 is 2.67 bits per heavy atom. The van der Waals surface area contributed by atoms with E-state index in [1.165, 1.54) is 37.8 Å². The van der Waals surface area contributed by atoms with Gasteiger partial charge < -0.3 is 19.3 Å². The van der Waals surface area contributed by atoms with Crippen molar-refractivity contribution in [3.63, 3.8) is 0 Å². The van der Waals surface area contributed by atoms with Gasteiger partial charge in [0.05, 0.1) is 13.7 Å². The van der Waals surface area contributed by atoms with Crippen LogP contribution in [0, 0.1) is 5.82 Å². The number of ether oxygens (including phenoxy) is 2. The van der Waals surface area contributed by atoms with Crippen LogP contribution in [-0.2, 0) is 6.54 Å². The minimum atomic E-state index is -0.536. The monoisotopic (exact) mass is 370 g/mol. The smallest absolute Gasteiger partial charge is 0.254 e. The van der Waals surface area contributed by atoms with E-state index in [1.54, 1.807) is 11.0 Å². The molecule has 27 heavy (non-hydrogen) atoms. The number of hydrogen-bond acceptors (Lipinski definition) is 4. The van der Waals surface area contributed by atoms with E-state index in [0.29, 0.717) is 25.3 Å². The van der Waals surface area contributed by atoms with Crippen molar-refractivity contribution in [3.05, 3.63) is 53.3 Å². The number of hydrogen-bond donors (Lipinski definition) is 0. The van der Waals surface area contributed by atoms with Crippen molar-refractivity contribution in [2.24, 2.45) is 0 Å². The maximum absolute atomic E-state index is 14.0. The summed E-state index contributed by atoms with van der Waals surface area (Å²) < 4.78 is 24.8. The van der Waals surface area contributed by atoms with Crippen LogP contribution in [0.25, 0.3) is 0 Å². The SMILES string of the molecule is COc1ccc(C(=O)N2CCOc3ccc(N4CCCC4)cc3C2)cc1F. The molecule has 4 rings (SSSR count). The number of carbonyl (C=O) groups excluding carboxylic acids is 1. The van der Waals surface area contributed by atoms with E-state index >= 15 is 0 Å². The van der Waals surface area contributed by atoms with Gasteiger partial charge >= 0.3 is 0 Å². The molecule has 0 N–H and O–H groups in total. The van der Waals surface area contributed by atoms with Gasteiger partial charge in [-0.2, -0.15) is 0 Å². The average Bonchev–Trinajstić information content (AvgIpc) is 3.14. The molecular formula is C21H23FN2O3. The minimum Gasteiger partial charge on any atom is -0.494 e. The van der Waals surface area contributed by atoms with Gasteiger partial charge in [-0.1, -0.05) is 0 Å². The first kappa shape index (κ1) is 17.6. The molecule has 0 radical (unpaired) electrons. The van der Waals surface area contributed by atoms with Gasteiger partial charge in [-0.3, -0.25) is 4.79 Å². The molecule has 5 nitrogen and oxygen atoms in total. The Bertz CT molecular complexity index is 849. The van der Waals surface area contributed by atoms with E-state index in [4.69, 9.17) is 9.47 Å². The van der Waals surface area contributed by atoms with Crippen molar-refractivity contribution in [3.8, 4) is 11.5 Å². The second-order valence-electron chi connectivity index (χ2n) is 6.91. The first-order valence-electron chi connectivity index (χ1n) is 9.29. The molecule has 1 amide bonds. The third kappa shape index (κ3) is 3.56. The van der Waals surface area contributed by atoms with E-state index in [9.17, 15) is 9.18 Å². The standard InChI is InChI=1S/C21H23FN2O3/c1-26-20-6-4-15(13-18(20)22)21(25)24-10-11-27-19-7-5-17(12-16(19)14-24)23-8-2-3-9-23/h4-7,12-13H,2-3,8-11,14H2,1H3. The molecule has 142 valence electrons. The van der Waals surface area contributed by atoms with Crippen molar-refractivity contribution >= 4 is 11.6 Å². The fourth-order valence-corrected chi connectivity index (χ4v) is 3.71. The highest BCUT2D eigenvalue weighted by molar-refractivity contribution is 5.94. The number of nitrogens with zero attached hydrogens (tertiary/aromatic N) is 2. The summed E-state index contributed by atoms with van der Waals surface area (Å²) in [6.07, 6.45) is 2.42. The van der Waals surface area contributed by atoms with Crippen molar-refractivity contribution in [2.45, 2.75) is 19.4 Å². The molecule has 2 aromatic rings. The van der Waals surface area contributed by atoms with Crippen molar-refractivity contribution in [2.75, 3.05) is 38.3 Å². The molecule has 2 aliphatic heterocycles. The van der Waals surface area contributed by atoms with Gasteiger partial charge in [0, 0.05) is 36.4 Å². The summed E-state index contributed by atoms with van der Waals surface area (Å²) in [6.45, 7) is 3.45. The normalized spacial score (nSPS) is 16.5. The molecule has 0 bridgehead atoms. The lowest BCUT2D eigenvalue weighted by molar-refractivity contribution is 0.0732. The van der Waals surface area contributed by atoms with Crippen molar-refractivity contribution in [1.82, 2.24) is 4.90 Å². The maximum Gasteiger partial charge on any atom is 0.254 e. The van der Waals surface area contributed by atoms with Gasteiger partial charge in [0.15, 0.2) is 11.6 Å². The van der Waals surface area contributed by atoms with Crippen LogP contribution in [-0.4, -0.2) is 44.2 Å². The van der Waals surface area contributed by atoms with Gasteiger partial charge in [0.2, 0.25) is 0 Å². The highest BCUT2D eigenvalue weighted by atomic mass is 19.1. The fraction of sp³-hybridized carbons (Fsp3) is 0.381. The van der Waals surface area contributed by atoms with E-state index < -0.39 is 5.82 Å². The Kier molecular flexibility index (Phi) is 4.88. The van der Waals surface area contributed by atoms with Crippen LogP contribution < -0.4 is 14.4 Å². The molecule has 2 aromatic carbocycles. The van der Waals surface area contributed by atoms with Gasteiger partial charge in [-0.25, -0.2) is 4.39 Å². The Hall–Kier alpha value is -2.76. The molecule has 0 saturated carbocycles. The number of rotatable bonds is 3. The second kappa shape index (κ2) is 7.47. The zero-order chi connectivity index (χ0) is 18.8. The van der Waals surface area contributed by atoms with Gasteiger partial charge in [0.1, 0.15) is 12.4 Å². The zero-order valence-corrected chi connectivity index (χ0v) is 15.4. The lowest BCUT2D eigenvalue weighted by Gasteiger charge is -2.22. The van der Waals surface area contributed by atoms with E-state index in [-0.39, 0.29) is 11.7 Å². The highest BCUT2D eigenvalue weighted by Gasteiger charge is 2.23. The summed E-state index contributed by atoms with van der Waals surface area (Å²) in [7, 11) is 1.40. The van der Waals surface area contributed by atoms with Crippen LogP contribution in [0.3, 0.4) is 0 Å². The van der Waals surface area contributed by atoms with Crippen molar-refractivity contribution < 1.29 is 18.7 Å². The van der Waals surface area contributed by atoms with Crippen molar-refractivity contribution in [1.29, 1.82) is 0 Å². The summed E-state index contributed by atoms with van der Waals surface area (Å²) in [5.41, 5.74) is 2.46. The summed E-state index contributed by atoms with van der Waals surface area (Å²) in [5, 5.41) is 0. The predicted molar refractivity (Wildman–Crippen MR) is 101 cm³/mol. The number of anilines is 1. The summed E-state index contributed by atoms with van der Waals surface area (Å²) in [5.74, 6) is 0.200. The molecule has 0 atom stereocenters. The van der Waals surface area contributed by atoms with Crippen LogP contribution in [0.1, 0.15) is 28.8 Å². The number of carbonyl (C=O) groups is 1. The summed E-state index contributed by atoms with van der Waals surface area (Å²) >= 11 is 0. The zero-order valence-electron chi connectivity index (χ0n) is 15.4. The molecule has 1 fully saturated rings. The molecule has 2 heterocycles. The molecule has 1 saturated heterocycles. The predicted octanol–water partition coefficient (Wildman–Crippen LogP) is 3.47. The average molecular weight is 370 g/mol. The Morgan fingerprint density at radius 1 is 1.11 bits per heavy atom. The van der Waals surface area contributed by atoms with Crippen LogP contribution in [0.5, 0.6) is 11.5 Å². The first-order valence-corrected chi connectivity index (χ1v) is 9.29. The lowest BCUT2D eigenvalue weighted by atomic mass is 10.1. The Balaban J connectivity index is 1.57. The molecular weight excluding hydrogens is 347 g/mol. The van der Waals surface area contributed by atoms with Crippen LogP contribution in [0.4, 0.5) is 10.1 Å². The number of amides is 1. The highest BCUT2D eigenvalue weighted by Crippen LogP contribution is 2.30. The molecule has 6 heteroatoms. The maximum atomic E-state index is 14.0. The summed E-state index contributed by atoms with van der Waals surface area (Å²) in [4.78, 5) is 17.0. The first-order chi connectivity index (χ1) is 13.2. The lowest BCUT2D eigenvalue weighted by Crippen LogP contribution is -2.32. The van der Waals surface area contributed by atoms with E-state index in [0.717, 1.165) is 24.4 Å². The fourth-order valence-electron chi connectivity index (χ4n) is 3.71. The quantitative estimate of drug-likeness (QED) is 0.830. The number of benzene rings is 2. The third-order valence-corrected chi connectivity index (χ3v) is 5.18. The third-order valence-electron chi connectivity index (χ3n) is 5.18.